The number of nitrogen functional groups attached to an aromatic ring is 1. The van der Waals surface area contributed by atoms with Gasteiger partial charge in [0.05, 0.1) is 18.2 Å². The molecule has 0 amide bonds. The minimum absolute atomic E-state index is 0.0191. The lowest BCUT2D eigenvalue weighted by Gasteiger charge is -2.21. The summed E-state index contributed by atoms with van der Waals surface area (Å²) < 4.78 is 10.8. The normalized spacial score (nSPS) is 16.1. The number of anilines is 1. The van der Waals surface area contributed by atoms with Crippen LogP contribution in [0.4, 0.5) is 5.69 Å². The number of piperidine rings is 1. The summed E-state index contributed by atoms with van der Waals surface area (Å²) in [6.07, 6.45) is 1.65. The van der Waals surface area contributed by atoms with Crippen molar-refractivity contribution in [2.24, 2.45) is 5.92 Å². The largest absolute Gasteiger partial charge is 0.492 e. The summed E-state index contributed by atoms with van der Waals surface area (Å²) in [5.41, 5.74) is 6.32. The molecule has 1 aromatic rings. The van der Waals surface area contributed by atoms with Gasteiger partial charge in [0, 0.05) is 6.07 Å². The van der Waals surface area contributed by atoms with Crippen LogP contribution in [0.2, 0.25) is 0 Å². The highest BCUT2D eigenvalue weighted by molar-refractivity contribution is 5.75. The maximum atomic E-state index is 12.0. The van der Waals surface area contributed by atoms with E-state index in [0.717, 1.165) is 25.9 Å². The van der Waals surface area contributed by atoms with Gasteiger partial charge in [-0.25, -0.2) is 0 Å². The molecule has 19 heavy (non-hydrogen) atoms. The average Bonchev–Trinajstić information content (AvgIpc) is 2.44. The summed E-state index contributed by atoms with van der Waals surface area (Å²) in [5.74, 6) is 0.849. The predicted octanol–water partition coefficient (Wildman–Crippen LogP) is 1.57. The zero-order valence-corrected chi connectivity index (χ0v) is 11.1. The van der Waals surface area contributed by atoms with Gasteiger partial charge in [0.25, 0.3) is 0 Å². The van der Waals surface area contributed by atoms with Crippen LogP contribution in [0.1, 0.15) is 19.8 Å². The highest BCUT2D eigenvalue weighted by Crippen LogP contribution is 2.28. The van der Waals surface area contributed by atoms with Crippen molar-refractivity contribution in [1.82, 2.24) is 5.32 Å². The van der Waals surface area contributed by atoms with Crippen molar-refractivity contribution < 1.29 is 14.3 Å². The first-order chi connectivity index (χ1) is 9.20. The van der Waals surface area contributed by atoms with Crippen molar-refractivity contribution in [3.63, 3.8) is 0 Å². The zero-order chi connectivity index (χ0) is 13.7. The lowest BCUT2D eigenvalue weighted by Crippen LogP contribution is -2.33. The maximum Gasteiger partial charge on any atom is 0.314 e. The molecule has 0 unspecified atom stereocenters. The first kappa shape index (κ1) is 13.7. The lowest BCUT2D eigenvalue weighted by atomic mass is 9.98. The molecule has 1 aliphatic heterocycles. The smallest absolute Gasteiger partial charge is 0.314 e. The molecule has 1 aromatic carbocycles. The van der Waals surface area contributed by atoms with E-state index in [1.807, 2.05) is 6.92 Å². The third kappa shape index (κ3) is 3.61. The van der Waals surface area contributed by atoms with E-state index in [2.05, 4.69) is 5.32 Å². The van der Waals surface area contributed by atoms with E-state index in [1.165, 1.54) is 0 Å². The van der Waals surface area contributed by atoms with Gasteiger partial charge < -0.3 is 20.5 Å². The molecule has 104 valence electrons. The number of hydrogen-bond acceptors (Lipinski definition) is 5. The number of benzene rings is 1. The Morgan fingerprint density at radius 1 is 1.42 bits per heavy atom. The maximum absolute atomic E-state index is 12.0. The van der Waals surface area contributed by atoms with E-state index >= 15 is 0 Å². The standard InChI is InChI=1S/C14H20N2O3/c1-2-18-13-9-11(3-4-12(13)15)19-14(17)10-5-7-16-8-6-10/h3-4,9-10,16H,2,5-8,15H2,1H3. The summed E-state index contributed by atoms with van der Waals surface area (Å²) in [4.78, 5) is 12.0. The molecule has 0 saturated carbocycles. The highest BCUT2D eigenvalue weighted by atomic mass is 16.5. The van der Waals surface area contributed by atoms with Gasteiger partial charge in [0.15, 0.2) is 0 Å². The van der Waals surface area contributed by atoms with Crippen molar-refractivity contribution in [2.75, 3.05) is 25.4 Å². The molecule has 1 aliphatic rings. The number of nitrogens with two attached hydrogens (primary N) is 1. The summed E-state index contributed by atoms with van der Waals surface area (Å²) >= 11 is 0. The van der Waals surface area contributed by atoms with E-state index in [4.69, 9.17) is 15.2 Å². The van der Waals surface area contributed by atoms with Gasteiger partial charge in [-0.1, -0.05) is 0 Å². The minimum Gasteiger partial charge on any atom is -0.492 e. The molecule has 0 spiro atoms. The number of nitrogens with one attached hydrogen (secondary N) is 1. The SMILES string of the molecule is CCOc1cc(OC(=O)C2CCNCC2)ccc1N. The van der Waals surface area contributed by atoms with Crippen LogP contribution >= 0.6 is 0 Å². The second kappa shape index (κ2) is 6.43. The fourth-order valence-electron chi connectivity index (χ4n) is 2.12. The van der Waals surface area contributed by atoms with Crippen LogP contribution in [0.25, 0.3) is 0 Å². The molecule has 0 aromatic heterocycles. The second-order valence-electron chi connectivity index (χ2n) is 4.58. The monoisotopic (exact) mass is 264 g/mol. The molecule has 2 rings (SSSR count). The Morgan fingerprint density at radius 3 is 2.84 bits per heavy atom. The van der Waals surface area contributed by atoms with Crippen LogP contribution in [0.3, 0.4) is 0 Å². The van der Waals surface area contributed by atoms with Crippen molar-refractivity contribution in [1.29, 1.82) is 0 Å². The Kier molecular flexibility index (Phi) is 4.63. The van der Waals surface area contributed by atoms with E-state index < -0.39 is 0 Å². The Bertz CT molecular complexity index is 442. The van der Waals surface area contributed by atoms with Gasteiger partial charge >= 0.3 is 5.97 Å². The predicted molar refractivity (Wildman–Crippen MR) is 73.3 cm³/mol. The summed E-state index contributed by atoms with van der Waals surface area (Å²) in [7, 11) is 0. The van der Waals surface area contributed by atoms with Gasteiger partial charge in [-0.05, 0) is 45.0 Å². The summed E-state index contributed by atoms with van der Waals surface area (Å²) in [6, 6.07) is 5.05. The van der Waals surface area contributed by atoms with Crippen LogP contribution in [0.5, 0.6) is 11.5 Å². The Labute approximate surface area is 113 Å². The molecule has 0 radical (unpaired) electrons. The molecule has 0 aliphatic carbocycles. The van der Waals surface area contributed by atoms with E-state index in [0.29, 0.717) is 23.8 Å². The van der Waals surface area contributed by atoms with Gasteiger partial charge in [-0.2, -0.15) is 0 Å². The van der Waals surface area contributed by atoms with Crippen molar-refractivity contribution in [2.45, 2.75) is 19.8 Å². The van der Waals surface area contributed by atoms with Crippen LogP contribution in [0.15, 0.2) is 18.2 Å². The quantitative estimate of drug-likeness (QED) is 0.490. The van der Waals surface area contributed by atoms with Crippen molar-refractivity contribution in [3.05, 3.63) is 18.2 Å². The third-order valence-electron chi connectivity index (χ3n) is 3.18. The molecule has 1 saturated heterocycles. The number of rotatable bonds is 4. The Morgan fingerprint density at radius 2 is 2.16 bits per heavy atom. The minimum atomic E-state index is -0.172. The molecular weight excluding hydrogens is 244 g/mol. The molecular formula is C14H20N2O3. The van der Waals surface area contributed by atoms with Crippen LogP contribution in [-0.4, -0.2) is 25.7 Å². The molecule has 5 heteroatoms. The van der Waals surface area contributed by atoms with Crippen molar-refractivity contribution >= 4 is 11.7 Å². The first-order valence-electron chi connectivity index (χ1n) is 6.65. The summed E-state index contributed by atoms with van der Waals surface area (Å²) in [6.45, 7) is 4.14. The van der Waals surface area contributed by atoms with Crippen molar-refractivity contribution in [3.8, 4) is 11.5 Å². The van der Waals surface area contributed by atoms with Crippen LogP contribution < -0.4 is 20.5 Å². The fourth-order valence-corrected chi connectivity index (χ4v) is 2.12. The zero-order valence-electron chi connectivity index (χ0n) is 11.1. The fraction of sp³-hybridized carbons (Fsp3) is 0.500. The number of hydrogen-bond donors (Lipinski definition) is 2. The van der Waals surface area contributed by atoms with E-state index in [1.54, 1.807) is 18.2 Å². The third-order valence-corrected chi connectivity index (χ3v) is 3.18. The molecule has 1 fully saturated rings. The first-order valence-corrected chi connectivity index (χ1v) is 6.65. The van der Waals surface area contributed by atoms with E-state index in [9.17, 15) is 4.79 Å². The van der Waals surface area contributed by atoms with Crippen LogP contribution in [0, 0.1) is 5.92 Å². The van der Waals surface area contributed by atoms with Gasteiger partial charge in [-0.15, -0.1) is 0 Å². The summed E-state index contributed by atoms with van der Waals surface area (Å²) in [5, 5.41) is 3.22. The highest BCUT2D eigenvalue weighted by Gasteiger charge is 2.23. The number of ether oxygens (including phenoxy) is 2. The van der Waals surface area contributed by atoms with Gasteiger partial charge in [0.1, 0.15) is 11.5 Å². The molecule has 3 N–H and O–H groups in total. The van der Waals surface area contributed by atoms with Gasteiger partial charge in [0.2, 0.25) is 0 Å². The van der Waals surface area contributed by atoms with E-state index in [-0.39, 0.29) is 11.9 Å². The Balaban J connectivity index is 2.01. The molecule has 0 atom stereocenters. The topological polar surface area (TPSA) is 73.6 Å². The number of carbonyl (C=O) groups is 1. The van der Waals surface area contributed by atoms with Gasteiger partial charge in [-0.3, -0.25) is 4.79 Å². The number of esters is 1. The lowest BCUT2D eigenvalue weighted by molar-refractivity contribution is -0.139. The Hall–Kier alpha value is -1.75. The van der Waals surface area contributed by atoms with Crippen LogP contribution in [-0.2, 0) is 4.79 Å². The molecule has 5 nitrogen and oxygen atoms in total. The molecule has 1 heterocycles. The average molecular weight is 264 g/mol. The molecule has 0 bridgehead atoms. The second-order valence-corrected chi connectivity index (χ2v) is 4.58. The number of carbonyl (C=O) groups excluding carboxylic acids is 1.